The Morgan fingerprint density at radius 1 is 1.04 bits per heavy atom. The molecule has 0 bridgehead atoms. The highest BCUT2D eigenvalue weighted by molar-refractivity contribution is 6.30. The first-order valence-electron chi connectivity index (χ1n) is 8.01. The molecule has 2 aromatic rings. The van der Waals surface area contributed by atoms with Crippen LogP contribution in [0.25, 0.3) is 0 Å². The topological polar surface area (TPSA) is 50.4 Å². The van der Waals surface area contributed by atoms with E-state index >= 15 is 0 Å². The van der Waals surface area contributed by atoms with Crippen molar-refractivity contribution in [1.29, 1.82) is 0 Å². The van der Waals surface area contributed by atoms with Crippen LogP contribution in [0, 0.1) is 5.92 Å². The Morgan fingerprint density at radius 3 is 2.38 bits per heavy atom. The van der Waals surface area contributed by atoms with E-state index in [1.807, 2.05) is 36.4 Å². The van der Waals surface area contributed by atoms with Gasteiger partial charge in [0.15, 0.2) is 0 Å². The number of carbonyl (C=O) groups excluding carboxylic acids is 1. The third-order valence-electron chi connectivity index (χ3n) is 3.30. The molecule has 0 aromatic heterocycles. The third kappa shape index (κ3) is 6.50. The zero-order valence-electron chi connectivity index (χ0n) is 14.0. The number of nitrogens with one attached hydrogen (secondary N) is 2. The number of urea groups is 1. The molecule has 0 aliphatic rings. The lowest BCUT2D eigenvalue weighted by molar-refractivity contribution is 0.240. The van der Waals surface area contributed by atoms with E-state index in [1.165, 1.54) is 0 Å². The van der Waals surface area contributed by atoms with Gasteiger partial charge in [-0.05, 0) is 41.3 Å². The first kappa shape index (κ1) is 18.1. The molecule has 2 rings (SSSR count). The molecule has 0 spiro atoms. The summed E-state index contributed by atoms with van der Waals surface area (Å²) < 4.78 is 5.69. The van der Waals surface area contributed by atoms with Gasteiger partial charge in [-0.3, -0.25) is 0 Å². The molecule has 0 fully saturated rings. The van der Waals surface area contributed by atoms with Crippen molar-refractivity contribution < 1.29 is 9.53 Å². The van der Waals surface area contributed by atoms with E-state index in [0.29, 0.717) is 30.6 Å². The summed E-state index contributed by atoms with van der Waals surface area (Å²) in [4.78, 5) is 11.9. The highest BCUT2D eigenvalue weighted by Gasteiger charge is 2.03. The van der Waals surface area contributed by atoms with E-state index in [0.717, 1.165) is 16.9 Å². The number of amides is 2. The summed E-state index contributed by atoms with van der Waals surface area (Å²) in [6.07, 6.45) is 0. The van der Waals surface area contributed by atoms with Crippen LogP contribution in [0.15, 0.2) is 48.5 Å². The average Bonchev–Trinajstić information content (AvgIpc) is 2.58. The summed E-state index contributed by atoms with van der Waals surface area (Å²) in [7, 11) is 0. The summed E-state index contributed by atoms with van der Waals surface area (Å²) in [6.45, 7) is 5.80. The van der Waals surface area contributed by atoms with Crippen molar-refractivity contribution in [1.82, 2.24) is 10.6 Å². The van der Waals surface area contributed by atoms with Crippen LogP contribution in [0.3, 0.4) is 0 Å². The molecule has 128 valence electrons. The molecule has 2 amide bonds. The maximum atomic E-state index is 11.9. The maximum Gasteiger partial charge on any atom is 0.315 e. The second-order valence-corrected chi connectivity index (χ2v) is 6.45. The van der Waals surface area contributed by atoms with Crippen molar-refractivity contribution in [2.45, 2.75) is 26.9 Å². The van der Waals surface area contributed by atoms with Crippen LogP contribution < -0.4 is 15.4 Å². The fourth-order valence-electron chi connectivity index (χ4n) is 2.04. The normalized spacial score (nSPS) is 10.5. The summed E-state index contributed by atoms with van der Waals surface area (Å²) in [6, 6.07) is 14.9. The molecule has 2 aromatic carbocycles. The highest BCUT2D eigenvalue weighted by Crippen LogP contribution is 2.14. The Balaban J connectivity index is 1.76. The number of ether oxygens (including phenoxy) is 1. The predicted molar refractivity (Wildman–Crippen MR) is 97.3 cm³/mol. The van der Waals surface area contributed by atoms with Gasteiger partial charge in [-0.2, -0.15) is 0 Å². The van der Waals surface area contributed by atoms with E-state index in [1.54, 1.807) is 12.1 Å². The molecule has 5 heteroatoms. The van der Waals surface area contributed by atoms with Crippen LogP contribution in [0.4, 0.5) is 4.79 Å². The van der Waals surface area contributed by atoms with Crippen molar-refractivity contribution in [2.75, 3.05) is 6.61 Å². The number of hydrogen-bond acceptors (Lipinski definition) is 2. The van der Waals surface area contributed by atoms with Crippen molar-refractivity contribution in [3.05, 3.63) is 64.7 Å². The van der Waals surface area contributed by atoms with Gasteiger partial charge in [0.05, 0.1) is 6.61 Å². The number of benzene rings is 2. The zero-order chi connectivity index (χ0) is 17.4. The molecule has 0 atom stereocenters. The van der Waals surface area contributed by atoms with Gasteiger partial charge in [-0.15, -0.1) is 0 Å². The van der Waals surface area contributed by atoms with Crippen LogP contribution >= 0.6 is 11.6 Å². The molecule has 0 radical (unpaired) electrons. The van der Waals surface area contributed by atoms with E-state index < -0.39 is 0 Å². The Hall–Kier alpha value is -2.20. The molecular weight excluding hydrogens is 324 g/mol. The van der Waals surface area contributed by atoms with Crippen LogP contribution in [0.2, 0.25) is 5.02 Å². The third-order valence-corrected chi connectivity index (χ3v) is 3.55. The smallest absolute Gasteiger partial charge is 0.315 e. The molecule has 2 N–H and O–H groups in total. The first-order valence-corrected chi connectivity index (χ1v) is 8.38. The van der Waals surface area contributed by atoms with E-state index in [4.69, 9.17) is 16.3 Å². The predicted octanol–water partition coefficient (Wildman–Crippen LogP) is 4.37. The minimum atomic E-state index is -0.210. The molecule has 24 heavy (non-hydrogen) atoms. The van der Waals surface area contributed by atoms with Crippen molar-refractivity contribution >= 4 is 17.6 Å². The quantitative estimate of drug-likeness (QED) is 0.782. The van der Waals surface area contributed by atoms with Crippen LogP contribution in [-0.4, -0.2) is 12.6 Å². The van der Waals surface area contributed by atoms with Gasteiger partial charge in [0.2, 0.25) is 0 Å². The van der Waals surface area contributed by atoms with Crippen LogP contribution in [0.1, 0.15) is 25.0 Å². The minimum Gasteiger partial charge on any atom is -0.493 e. The lowest BCUT2D eigenvalue weighted by Gasteiger charge is -2.11. The molecule has 0 aliphatic heterocycles. The Kier molecular flexibility index (Phi) is 6.94. The van der Waals surface area contributed by atoms with Gasteiger partial charge in [0, 0.05) is 18.1 Å². The Bertz CT molecular complexity index is 657. The fourth-order valence-corrected chi connectivity index (χ4v) is 2.16. The summed E-state index contributed by atoms with van der Waals surface area (Å²) in [5.74, 6) is 1.30. The number of rotatable bonds is 7. The molecule has 0 saturated heterocycles. The molecule has 0 heterocycles. The van der Waals surface area contributed by atoms with E-state index in [2.05, 4.69) is 24.5 Å². The number of hydrogen-bond donors (Lipinski definition) is 2. The summed E-state index contributed by atoms with van der Waals surface area (Å²) >= 11 is 5.83. The summed E-state index contributed by atoms with van der Waals surface area (Å²) in [5, 5.41) is 6.34. The largest absolute Gasteiger partial charge is 0.493 e. The fraction of sp³-hybridized carbons (Fsp3) is 0.316. The number of halogens is 1. The molecule has 0 saturated carbocycles. The second-order valence-electron chi connectivity index (χ2n) is 6.01. The van der Waals surface area contributed by atoms with Gasteiger partial charge in [0.25, 0.3) is 0 Å². The molecular formula is C19H23ClN2O2. The molecule has 0 aliphatic carbocycles. The van der Waals surface area contributed by atoms with Crippen LogP contribution in [-0.2, 0) is 13.1 Å². The van der Waals surface area contributed by atoms with Gasteiger partial charge in [0.1, 0.15) is 5.75 Å². The van der Waals surface area contributed by atoms with Gasteiger partial charge in [-0.1, -0.05) is 49.7 Å². The summed E-state index contributed by atoms with van der Waals surface area (Å²) in [5.41, 5.74) is 2.00. The van der Waals surface area contributed by atoms with Crippen molar-refractivity contribution in [3.8, 4) is 5.75 Å². The second kappa shape index (κ2) is 9.18. The first-order chi connectivity index (χ1) is 11.5. The average molecular weight is 347 g/mol. The van der Waals surface area contributed by atoms with Crippen molar-refractivity contribution in [2.24, 2.45) is 5.92 Å². The monoisotopic (exact) mass is 346 g/mol. The van der Waals surface area contributed by atoms with E-state index in [9.17, 15) is 4.79 Å². The Labute approximate surface area is 148 Å². The zero-order valence-corrected chi connectivity index (χ0v) is 14.8. The van der Waals surface area contributed by atoms with E-state index in [-0.39, 0.29) is 6.03 Å². The van der Waals surface area contributed by atoms with Gasteiger partial charge >= 0.3 is 6.03 Å². The Morgan fingerprint density at radius 2 is 1.71 bits per heavy atom. The molecule has 4 nitrogen and oxygen atoms in total. The van der Waals surface area contributed by atoms with Gasteiger partial charge in [-0.25, -0.2) is 4.79 Å². The molecule has 0 unspecified atom stereocenters. The lowest BCUT2D eigenvalue weighted by atomic mass is 10.2. The lowest BCUT2D eigenvalue weighted by Crippen LogP contribution is -2.34. The maximum absolute atomic E-state index is 11.9. The van der Waals surface area contributed by atoms with Crippen molar-refractivity contribution in [3.63, 3.8) is 0 Å². The SMILES string of the molecule is CC(C)COc1cccc(CNC(=O)NCc2ccc(Cl)cc2)c1. The minimum absolute atomic E-state index is 0.210. The highest BCUT2D eigenvalue weighted by atomic mass is 35.5. The van der Waals surface area contributed by atoms with Crippen LogP contribution in [0.5, 0.6) is 5.75 Å². The number of carbonyl (C=O) groups is 1. The standard InChI is InChI=1S/C19H23ClN2O2/c1-14(2)13-24-18-5-3-4-16(10-18)12-22-19(23)21-11-15-6-8-17(20)9-7-15/h3-10,14H,11-13H2,1-2H3,(H2,21,22,23). The van der Waals surface area contributed by atoms with Gasteiger partial charge < -0.3 is 15.4 Å².